The number of rotatable bonds is 5. The minimum absolute atomic E-state index is 0.0344. The zero-order valence-electron chi connectivity index (χ0n) is 10.9. The quantitative estimate of drug-likeness (QED) is 0.675. The van der Waals surface area contributed by atoms with E-state index in [1.54, 1.807) is 0 Å². The molecule has 0 amide bonds. The molecule has 1 aliphatic rings. The highest BCUT2D eigenvalue weighted by molar-refractivity contribution is 5.72. The van der Waals surface area contributed by atoms with E-state index in [-0.39, 0.29) is 11.9 Å². The monoisotopic (exact) mass is 227 g/mol. The van der Waals surface area contributed by atoms with Gasteiger partial charge in [0, 0.05) is 13.1 Å². The fourth-order valence-corrected chi connectivity index (χ4v) is 2.61. The van der Waals surface area contributed by atoms with E-state index in [9.17, 15) is 4.79 Å². The first-order chi connectivity index (χ1) is 7.67. The van der Waals surface area contributed by atoms with E-state index in [1.165, 1.54) is 20.0 Å². The first-order valence-electron chi connectivity index (χ1n) is 6.47. The zero-order valence-corrected chi connectivity index (χ0v) is 10.9. The summed E-state index contributed by atoms with van der Waals surface area (Å²) in [5.41, 5.74) is 0. The van der Waals surface area contributed by atoms with E-state index in [2.05, 4.69) is 18.7 Å². The normalized spacial score (nSPS) is 24.1. The molecule has 0 spiro atoms. The van der Waals surface area contributed by atoms with Crippen LogP contribution in [0.25, 0.3) is 0 Å². The number of ether oxygens (including phenoxy) is 1. The smallest absolute Gasteiger partial charge is 0.309 e. The van der Waals surface area contributed by atoms with E-state index in [1.807, 2.05) is 0 Å². The Morgan fingerprint density at radius 1 is 1.56 bits per heavy atom. The molecule has 1 aliphatic heterocycles. The summed E-state index contributed by atoms with van der Waals surface area (Å²) in [7, 11) is 1.49. The van der Waals surface area contributed by atoms with E-state index in [4.69, 9.17) is 4.74 Å². The molecule has 2 atom stereocenters. The Balaban J connectivity index is 2.35. The van der Waals surface area contributed by atoms with Crippen LogP contribution in [0.2, 0.25) is 0 Å². The van der Waals surface area contributed by atoms with E-state index in [0.29, 0.717) is 0 Å². The Labute approximate surface area is 99.1 Å². The Kier molecular flexibility index (Phi) is 5.81. The standard InChI is InChI=1S/C13H25NO2/c1-4-6-11(2)9-14-8-5-7-12(10-14)13(15)16-3/h11-12H,4-10H2,1-3H3/t11?,12-/m0/s1. The maximum Gasteiger partial charge on any atom is 0.309 e. The zero-order chi connectivity index (χ0) is 12.0. The minimum Gasteiger partial charge on any atom is -0.469 e. The second kappa shape index (κ2) is 6.89. The van der Waals surface area contributed by atoms with E-state index < -0.39 is 0 Å². The Hall–Kier alpha value is -0.570. The molecule has 0 N–H and O–H groups in total. The lowest BCUT2D eigenvalue weighted by Gasteiger charge is -2.33. The number of esters is 1. The summed E-state index contributed by atoms with van der Waals surface area (Å²) in [6.45, 7) is 7.68. The predicted molar refractivity (Wildman–Crippen MR) is 65.3 cm³/mol. The molecule has 94 valence electrons. The molecule has 0 aromatic heterocycles. The van der Waals surface area contributed by atoms with Gasteiger partial charge >= 0.3 is 5.97 Å². The van der Waals surface area contributed by atoms with E-state index in [0.717, 1.165) is 38.4 Å². The molecule has 1 unspecified atom stereocenters. The number of methoxy groups -OCH3 is 1. The van der Waals surface area contributed by atoms with Gasteiger partial charge in [-0.1, -0.05) is 20.3 Å². The van der Waals surface area contributed by atoms with Crippen LogP contribution in [-0.2, 0) is 9.53 Å². The Morgan fingerprint density at radius 2 is 2.31 bits per heavy atom. The van der Waals surface area contributed by atoms with Gasteiger partial charge in [0.25, 0.3) is 0 Å². The lowest BCUT2D eigenvalue weighted by molar-refractivity contribution is -0.147. The van der Waals surface area contributed by atoms with E-state index >= 15 is 0 Å². The summed E-state index contributed by atoms with van der Waals surface area (Å²) < 4.78 is 4.82. The van der Waals surface area contributed by atoms with Crippen LogP contribution in [0.15, 0.2) is 0 Å². The molecule has 1 saturated heterocycles. The third kappa shape index (κ3) is 4.12. The van der Waals surface area contributed by atoms with Crippen molar-refractivity contribution in [3.63, 3.8) is 0 Å². The van der Waals surface area contributed by atoms with Gasteiger partial charge in [0.2, 0.25) is 0 Å². The largest absolute Gasteiger partial charge is 0.469 e. The number of carbonyl (C=O) groups is 1. The van der Waals surface area contributed by atoms with Crippen LogP contribution < -0.4 is 0 Å². The van der Waals surface area contributed by atoms with Gasteiger partial charge in [-0.05, 0) is 31.7 Å². The van der Waals surface area contributed by atoms with Crippen LogP contribution in [0.3, 0.4) is 0 Å². The maximum absolute atomic E-state index is 11.5. The van der Waals surface area contributed by atoms with Gasteiger partial charge in [-0.15, -0.1) is 0 Å². The predicted octanol–water partition coefficient (Wildman–Crippen LogP) is 2.31. The number of carbonyl (C=O) groups excluding carboxylic acids is 1. The van der Waals surface area contributed by atoms with Gasteiger partial charge in [-0.25, -0.2) is 0 Å². The Bertz CT molecular complexity index is 218. The van der Waals surface area contributed by atoms with Crippen molar-refractivity contribution in [1.29, 1.82) is 0 Å². The average Bonchev–Trinajstić information content (AvgIpc) is 2.28. The van der Waals surface area contributed by atoms with Crippen molar-refractivity contribution in [2.24, 2.45) is 11.8 Å². The summed E-state index contributed by atoms with van der Waals surface area (Å²) in [5, 5.41) is 0. The molecule has 0 bridgehead atoms. The van der Waals surface area contributed by atoms with Crippen LogP contribution in [-0.4, -0.2) is 37.6 Å². The number of hydrogen-bond acceptors (Lipinski definition) is 3. The highest BCUT2D eigenvalue weighted by Gasteiger charge is 2.26. The lowest BCUT2D eigenvalue weighted by atomic mass is 9.96. The first-order valence-corrected chi connectivity index (χ1v) is 6.47. The number of piperidine rings is 1. The van der Waals surface area contributed by atoms with Crippen molar-refractivity contribution in [3.05, 3.63) is 0 Å². The fourth-order valence-electron chi connectivity index (χ4n) is 2.61. The molecule has 0 radical (unpaired) electrons. The van der Waals surface area contributed by atoms with Crippen LogP contribution in [0.1, 0.15) is 39.5 Å². The second-order valence-electron chi connectivity index (χ2n) is 5.02. The summed E-state index contributed by atoms with van der Waals surface area (Å²) in [5.74, 6) is 0.807. The van der Waals surface area contributed by atoms with Crippen LogP contribution >= 0.6 is 0 Å². The van der Waals surface area contributed by atoms with Gasteiger partial charge in [0.1, 0.15) is 0 Å². The van der Waals surface area contributed by atoms with Gasteiger partial charge in [0.15, 0.2) is 0 Å². The highest BCUT2D eigenvalue weighted by atomic mass is 16.5. The summed E-state index contributed by atoms with van der Waals surface area (Å²) in [6, 6.07) is 0. The van der Waals surface area contributed by atoms with Crippen LogP contribution in [0, 0.1) is 11.8 Å². The first kappa shape index (κ1) is 13.5. The van der Waals surface area contributed by atoms with Crippen molar-refractivity contribution in [3.8, 4) is 0 Å². The lowest BCUT2D eigenvalue weighted by Crippen LogP contribution is -2.41. The molecule has 3 nitrogen and oxygen atoms in total. The molecule has 3 heteroatoms. The molecule has 0 saturated carbocycles. The third-order valence-electron chi connectivity index (χ3n) is 3.39. The Morgan fingerprint density at radius 3 is 2.94 bits per heavy atom. The second-order valence-corrected chi connectivity index (χ2v) is 5.02. The molecule has 0 aromatic rings. The van der Waals surface area contributed by atoms with Crippen molar-refractivity contribution in [1.82, 2.24) is 4.90 Å². The maximum atomic E-state index is 11.5. The minimum atomic E-state index is -0.0344. The number of likely N-dealkylation sites (tertiary alicyclic amines) is 1. The van der Waals surface area contributed by atoms with Gasteiger partial charge in [0.05, 0.1) is 13.0 Å². The molecule has 16 heavy (non-hydrogen) atoms. The molecule has 0 aromatic carbocycles. The molecule has 0 aliphatic carbocycles. The fraction of sp³-hybridized carbons (Fsp3) is 0.923. The van der Waals surface area contributed by atoms with Crippen molar-refractivity contribution >= 4 is 5.97 Å². The van der Waals surface area contributed by atoms with Crippen LogP contribution in [0.4, 0.5) is 0 Å². The number of nitrogens with zero attached hydrogens (tertiary/aromatic N) is 1. The van der Waals surface area contributed by atoms with Gasteiger partial charge in [-0.3, -0.25) is 4.79 Å². The molecule has 1 fully saturated rings. The SMILES string of the molecule is CCCC(C)CN1CCC[C@H](C(=O)OC)C1. The number of hydrogen-bond donors (Lipinski definition) is 0. The van der Waals surface area contributed by atoms with Crippen molar-refractivity contribution < 1.29 is 9.53 Å². The molecule has 1 rings (SSSR count). The van der Waals surface area contributed by atoms with Crippen molar-refractivity contribution in [2.75, 3.05) is 26.7 Å². The molecular weight excluding hydrogens is 202 g/mol. The van der Waals surface area contributed by atoms with Gasteiger partial charge < -0.3 is 9.64 Å². The van der Waals surface area contributed by atoms with Crippen LogP contribution in [0.5, 0.6) is 0 Å². The van der Waals surface area contributed by atoms with Gasteiger partial charge in [-0.2, -0.15) is 0 Å². The summed E-state index contributed by atoms with van der Waals surface area (Å²) >= 11 is 0. The third-order valence-corrected chi connectivity index (χ3v) is 3.39. The summed E-state index contributed by atoms with van der Waals surface area (Å²) in [4.78, 5) is 13.9. The molecule has 1 heterocycles. The molecular formula is C13H25NO2. The van der Waals surface area contributed by atoms with Crippen molar-refractivity contribution in [2.45, 2.75) is 39.5 Å². The summed E-state index contributed by atoms with van der Waals surface area (Å²) in [6.07, 6.45) is 4.64. The highest BCUT2D eigenvalue weighted by Crippen LogP contribution is 2.19. The topological polar surface area (TPSA) is 29.5 Å². The average molecular weight is 227 g/mol.